The lowest BCUT2D eigenvalue weighted by Gasteiger charge is -2.29. The van der Waals surface area contributed by atoms with Gasteiger partial charge in [0.05, 0.1) is 12.3 Å². The second-order valence-corrected chi connectivity index (χ2v) is 6.93. The minimum absolute atomic E-state index is 0.110. The van der Waals surface area contributed by atoms with Crippen LogP contribution in [0.5, 0.6) is 5.75 Å². The molecule has 0 fully saturated rings. The molecule has 0 spiro atoms. The lowest BCUT2D eigenvalue weighted by Crippen LogP contribution is -2.43. The Labute approximate surface area is 162 Å². The Balaban J connectivity index is 2.27. The number of nitrogens with one attached hydrogen (secondary N) is 1. The van der Waals surface area contributed by atoms with E-state index in [9.17, 15) is 4.79 Å². The number of fused-ring (bicyclic) bond motifs is 1. The van der Waals surface area contributed by atoms with E-state index in [-0.39, 0.29) is 5.91 Å². The monoisotopic (exact) mass is 372 g/mol. The summed E-state index contributed by atoms with van der Waals surface area (Å²) in [7, 11) is 0. The van der Waals surface area contributed by atoms with E-state index in [1.54, 1.807) is 6.20 Å². The normalized spacial score (nSPS) is 13.3. The molecule has 0 saturated heterocycles. The first-order valence-corrected chi connectivity index (χ1v) is 10.0. The smallest absolute Gasteiger partial charge is 0.256 e. The number of hydrogen-bond donors (Lipinski definition) is 1. The van der Waals surface area contributed by atoms with E-state index in [0.29, 0.717) is 19.6 Å². The molecule has 0 aliphatic rings. The third-order valence-corrected chi connectivity index (χ3v) is 4.64. The molecule has 5 nitrogen and oxygen atoms in total. The minimum atomic E-state index is -0.835. The van der Waals surface area contributed by atoms with Crippen molar-refractivity contribution in [2.75, 3.05) is 18.5 Å². The van der Waals surface area contributed by atoms with Crippen molar-refractivity contribution >= 4 is 22.5 Å². The number of rotatable bonds is 11. The number of ether oxygens (including phenoxy) is 2. The highest BCUT2D eigenvalue weighted by atomic mass is 16.5. The van der Waals surface area contributed by atoms with Gasteiger partial charge in [-0.1, -0.05) is 33.1 Å². The summed E-state index contributed by atoms with van der Waals surface area (Å²) in [5.74, 6) is 0.611. The molecule has 1 N–H and O–H groups in total. The minimum Gasteiger partial charge on any atom is -0.492 e. The molecule has 0 bridgehead atoms. The van der Waals surface area contributed by atoms with Gasteiger partial charge in [-0.05, 0) is 51.0 Å². The third kappa shape index (κ3) is 5.42. The molecule has 1 atom stereocenters. The third-order valence-electron chi connectivity index (χ3n) is 4.64. The Bertz CT molecular complexity index is 747. The van der Waals surface area contributed by atoms with Crippen LogP contribution in [-0.4, -0.2) is 29.7 Å². The van der Waals surface area contributed by atoms with Crippen LogP contribution in [0.2, 0.25) is 0 Å². The van der Waals surface area contributed by atoms with Gasteiger partial charge in [-0.3, -0.25) is 9.78 Å². The highest BCUT2D eigenvalue weighted by Gasteiger charge is 2.34. The fourth-order valence-corrected chi connectivity index (χ4v) is 3.07. The van der Waals surface area contributed by atoms with Crippen molar-refractivity contribution in [2.45, 2.75) is 65.4 Å². The van der Waals surface area contributed by atoms with Crippen LogP contribution in [0.15, 0.2) is 30.5 Å². The maximum atomic E-state index is 13.1. The summed E-state index contributed by atoms with van der Waals surface area (Å²) in [5, 5.41) is 3.94. The van der Waals surface area contributed by atoms with Gasteiger partial charge >= 0.3 is 0 Å². The number of benzene rings is 1. The van der Waals surface area contributed by atoms with Crippen LogP contribution in [0.3, 0.4) is 0 Å². The fraction of sp³-hybridized carbons (Fsp3) is 0.545. The van der Waals surface area contributed by atoms with Crippen molar-refractivity contribution in [3.8, 4) is 5.75 Å². The average molecular weight is 373 g/mol. The number of aromatic nitrogens is 1. The molecule has 1 unspecified atom stereocenters. The van der Waals surface area contributed by atoms with Gasteiger partial charge in [0, 0.05) is 18.2 Å². The van der Waals surface area contributed by atoms with Gasteiger partial charge in [0.15, 0.2) is 0 Å². The van der Waals surface area contributed by atoms with Crippen molar-refractivity contribution < 1.29 is 14.3 Å². The van der Waals surface area contributed by atoms with Crippen molar-refractivity contribution in [1.29, 1.82) is 0 Å². The van der Waals surface area contributed by atoms with Crippen molar-refractivity contribution in [3.05, 3.63) is 30.5 Å². The topological polar surface area (TPSA) is 60.5 Å². The van der Waals surface area contributed by atoms with Gasteiger partial charge in [0.2, 0.25) is 0 Å². The molecule has 148 valence electrons. The molecule has 0 saturated carbocycles. The van der Waals surface area contributed by atoms with Crippen LogP contribution in [0.4, 0.5) is 5.69 Å². The first-order chi connectivity index (χ1) is 13.1. The van der Waals surface area contributed by atoms with Gasteiger partial charge in [-0.15, -0.1) is 0 Å². The zero-order chi connectivity index (χ0) is 19.7. The van der Waals surface area contributed by atoms with Gasteiger partial charge < -0.3 is 14.8 Å². The van der Waals surface area contributed by atoms with Crippen molar-refractivity contribution in [1.82, 2.24) is 4.98 Å². The second-order valence-electron chi connectivity index (χ2n) is 6.93. The van der Waals surface area contributed by atoms with Crippen LogP contribution < -0.4 is 10.1 Å². The Hall–Kier alpha value is -2.14. The van der Waals surface area contributed by atoms with Crippen LogP contribution in [0.25, 0.3) is 10.9 Å². The lowest BCUT2D eigenvalue weighted by molar-refractivity contribution is -0.140. The molecule has 2 rings (SSSR count). The fourth-order valence-electron chi connectivity index (χ4n) is 3.07. The number of amides is 1. The molecular weight excluding hydrogens is 340 g/mol. The summed E-state index contributed by atoms with van der Waals surface area (Å²) >= 11 is 0. The Morgan fingerprint density at radius 1 is 1.15 bits per heavy atom. The largest absolute Gasteiger partial charge is 0.492 e. The molecule has 1 aromatic heterocycles. The molecule has 0 aliphatic carbocycles. The van der Waals surface area contributed by atoms with Crippen molar-refractivity contribution in [3.63, 3.8) is 0 Å². The van der Waals surface area contributed by atoms with E-state index in [1.165, 1.54) is 0 Å². The van der Waals surface area contributed by atoms with Crippen molar-refractivity contribution in [2.24, 2.45) is 0 Å². The van der Waals surface area contributed by atoms with E-state index in [2.05, 4.69) is 24.1 Å². The zero-order valence-corrected chi connectivity index (χ0v) is 17.0. The second kappa shape index (κ2) is 10.3. The molecule has 5 heteroatoms. The molecule has 1 amide bonds. The number of hydrogen-bond acceptors (Lipinski definition) is 4. The molecule has 1 aromatic carbocycles. The SMILES string of the molecule is CCCCCC(C)(OCCC)C(=O)Nc1ccc(OCC)c2ncccc12. The standard InChI is InChI=1S/C22H32N2O3/c1-5-8-9-14-22(4,27-16-6-2)21(25)24-18-12-13-19(26-7-3)20-17(18)11-10-15-23-20/h10-13,15H,5-9,14,16H2,1-4H3,(H,24,25). The van der Waals surface area contributed by atoms with E-state index in [0.717, 1.165) is 48.0 Å². The number of unbranched alkanes of at least 4 members (excludes halogenated alkanes) is 2. The average Bonchev–Trinajstić information content (AvgIpc) is 2.68. The number of carbonyl (C=O) groups excluding carboxylic acids is 1. The maximum absolute atomic E-state index is 13.1. The van der Waals surface area contributed by atoms with E-state index in [1.807, 2.05) is 38.1 Å². The van der Waals surface area contributed by atoms with Crippen LogP contribution in [0.1, 0.15) is 59.8 Å². The van der Waals surface area contributed by atoms with Crippen LogP contribution in [0, 0.1) is 0 Å². The first kappa shape index (κ1) is 21.2. The Kier molecular flexibility index (Phi) is 8.04. The van der Waals surface area contributed by atoms with E-state index < -0.39 is 5.60 Å². The van der Waals surface area contributed by atoms with E-state index in [4.69, 9.17) is 9.47 Å². The summed E-state index contributed by atoms with van der Waals surface area (Å²) < 4.78 is 11.6. The number of anilines is 1. The lowest BCUT2D eigenvalue weighted by atomic mass is 9.96. The number of carbonyl (C=O) groups is 1. The quantitative estimate of drug-likeness (QED) is 0.541. The Morgan fingerprint density at radius 3 is 2.67 bits per heavy atom. The van der Waals surface area contributed by atoms with Gasteiger partial charge in [0.1, 0.15) is 16.9 Å². The van der Waals surface area contributed by atoms with E-state index >= 15 is 0 Å². The van der Waals surface area contributed by atoms with Gasteiger partial charge in [0.25, 0.3) is 5.91 Å². The summed E-state index contributed by atoms with van der Waals surface area (Å²) in [6, 6.07) is 7.54. The molecule has 0 radical (unpaired) electrons. The molecule has 27 heavy (non-hydrogen) atoms. The summed E-state index contributed by atoms with van der Waals surface area (Å²) in [5.41, 5.74) is 0.644. The zero-order valence-electron chi connectivity index (χ0n) is 17.0. The highest BCUT2D eigenvalue weighted by Crippen LogP contribution is 2.31. The molecule has 1 heterocycles. The number of pyridine rings is 1. The maximum Gasteiger partial charge on any atom is 0.256 e. The molecule has 2 aromatic rings. The number of nitrogens with zero attached hydrogens (tertiary/aromatic N) is 1. The predicted molar refractivity (Wildman–Crippen MR) is 110 cm³/mol. The van der Waals surface area contributed by atoms with Crippen LogP contribution in [-0.2, 0) is 9.53 Å². The highest BCUT2D eigenvalue weighted by molar-refractivity contribution is 6.05. The van der Waals surface area contributed by atoms with Crippen LogP contribution >= 0.6 is 0 Å². The molecule has 0 aliphatic heterocycles. The summed E-state index contributed by atoms with van der Waals surface area (Å²) in [6.07, 6.45) is 6.49. The summed E-state index contributed by atoms with van der Waals surface area (Å²) in [6.45, 7) is 9.18. The summed E-state index contributed by atoms with van der Waals surface area (Å²) in [4.78, 5) is 17.5. The van der Waals surface area contributed by atoms with Gasteiger partial charge in [-0.2, -0.15) is 0 Å². The predicted octanol–water partition coefficient (Wildman–Crippen LogP) is 5.34. The Morgan fingerprint density at radius 2 is 1.96 bits per heavy atom. The first-order valence-electron chi connectivity index (χ1n) is 10.0. The van der Waals surface area contributed by atoms with Gasteiger partial charge in [-0.25, -0.2) is 0 Å². The molecular formula is C22H32N2O3.